The topological polar surface area (TPSA) is 26.3 Å². The van der Waals surface area contributed by atoms with Gasteiger partial charge in [0.25, 0.3) is 0 Å². The van der Waals surface area contributed by atoms with Crippen LogP contribution in [0.3, 0.4) is 0 Å². The molecular formula is C14H10BrClO2. The van der Waals surface area contributed by atoms with Crippen LogP contribution in [0.25, 0.3) is 0 Å². The molecule has 0 aromatic heterocycles. The number of ether oxygens (including phenoxy) is 1. The fourth-order valence-electron chi connectivity index (χ4n) is 1.61. The first kappa shape index (κ1) is 13.1. The molecule has 0 unspecified atom stereocenters. The Balaban J connectivity index is 2.42. The van der Waals surface area contributed by atoms with E-state index in [1.165, 1.54) is 0 Å². The Kier molecular flexibility index (Phi) is 4.04. The second kappa shape index (κ2) is 5.55. The van der Waals surface area contributed by atoms with Crippen molar-refractivity contribution in [1.29, 1.82) is 0 Å². The van der Waals surface area contributed by atoms with Crippen LogP contribution in [0.2, 0.25) is 5.02 Å². The van der Waals surface area contributed by atoms with E-state index in [1.54, 1.807) is 43.5 Å². The van der Waals surface area contributed by atoms with E-state index in [2.05, 4.69) is 15.9 Å². The molecule has 2 aromatic carbocycles. The Morgan fingerprint density at radius 2 is 1.83 bits per heavy atom. The molecule has 0 atom stereocenters. The van der Waals surface area contributed by atoms with Gasteiger partial charge in [0, 0.05) is 15.1 Å². The van der Waals surface area contributed by atoms with Crippen LogP contribution in [-0.2, 0) is 0 Å². The summed E-state index contributed by atoms with van der Waals surface area (Å²) in [6.07, 6.45) is 0. The maximum absolute atomic E-state index is 12.3. The van der Waals surface area contributed by atoms with Crippen molar-refractivity contribution >= 4 is 33.3 Å². The van der Waals surface area contributed by atoms with E-state index >= 15 is 0 Å². The summed E-state index contributed by atoms with van der Waals surface area (Å²) in [5.41, 5.74) is 1.11. The lowest BCUT2D eigenvalue weighted by Gasteiger charge is -2.08. The van der Waals surface area contributed by atoms with Crippen LogP contribution in [0.5, 0.6) is 5.75 Å². The quantitative estimate of drug-likeness (QED) is 0.785. The molecule has 0 spiro atoms. The molecule has 0 radical (unpaired) electrons. The fraction of sp³-hybridized carbons (Fsp3) is 0.0714. The summed E-state index contributed by atoms with van der Waals surface area (Å²) in [6, 6.07) is 12.1. The second-order valence-electron chi connectivity index (χ2n) is 3.68. The van der Waals surface area contributed by atoms with Gasteiger partial charge in [0.15, 0.2) is 5.78 Å². The largest absolute Gasteiger partial charge is 0.496 e. The molecule has 18 heavy (non-hydrogen) atoms. The zero-order valence-electron chi connectivity index (χ0n) is 9.61. The third kappa shape index (κ3) is 2.74. The Hall–Kier alpha value is -1.32. The number of carbonyl (C=O) groups is 1. The average molecular weight is 326 g/mol. The minimum absolute atomic E-state index is 0.0870. The van der Waals surface area contributed by atoms with Gasteiger partial charge in [0.2, 0.25) is 0 Å². The van der Waals surface area contributed by atoms with Gasteiger partial charge in [-0.1, -0.05) is 27.5 Å². The summed E-state index contributed by atoms with van der Waals surface area (Å²) in [7, 11) is 1.54. The molecule has 4 heteroatoms. The highest BCUT2D eigenvalue weighted by Crippen LogP contribution is 2.26. The number of carbonyl (C=O) groups excluding carboxylic acids is 1. The highest BCUT2D eigenvalue weighted by atomic mass is 79.9. The molecule has 0 aliphatic heterocycles. The summed E-state index contributed by atoms with van der Waals surface area (Å²) in [5, 5.41) is 0.606. The third-order valence-corrected chi connectivity index (χ3v) is 3.26. The fourth-order valence-corrected chi connectivity index (χ4v) is 2.08. The third-order valence-electron chi connectivity index (χ3n) is 2.51. The van der Waals surface area contributed by atoms with E-state index < -0.39 is 0 Å². The van der Waals surface area contributed by atoms with Crippen LogP contribution >= 0.6 is 27.5 Å². The van der Waals surface area contributed by atoms with E-state index in [4.69, 9.17) is 16.3 Å². The van der Waals surface area contributed by atoms with Gasteiger partial charge in [0.05, 0.1) is 12.7 Å². The van der Waals surface area contributed by atoms with Crippen molar-refractivity contribution in [2.24, 2.45) is 0 Å². The van der Waals surface area contributed by atoms with Gasteiger partial charge in [-0.2, -0.15) is 0 Å². The van der Waals surface area contributed by atoms with Gasteiger partial charge >= 0.3 is 0 Å². The first-order valence-corrected chi connectivity index (χ1v) is 6.42. The van der Waals surface area contributed by atoms with E-state index in [0.29, 0.717) is 21.9 Å². The van der Waals surface area contributed by atoms with E-state index in [9.17, 15) is 4.79 Å². The lowest BCUT2D eigenvalue weighted by Crippen LogP contribution is -2.03. The number of halogens is 2. The molecule has 0 heterocycles. The van der Waals surface area contributed by atoms with Crippen molar-refractivity contribution in [2.45, 2.75) is 0 Å². The Morgan fingerprint density at radius 3 is 2.44 bits per heavy atom. The normalized spacial score (nSPS) is 10.2. The van der Waals surface area contributed by atoms with Crippen LogP contribution in [0.15, 0.2) is 46.9 Å². The number of hydrogen-bond donors (Lipinski definition) is 0. The molecule has 2 rings (SSSR count). The molecule has 2 nitrogen and oxygen atoms in total. The molecule has 0 saturated carbocycles. The van der Waals surface area contributed by atoms with Crippen LogP contribution in [0, 0.1) is 0 Å². The van der Waals surface area contributed by atoms with Crippen LogP contribution in [-0.4, -0.2) is 12.9 Å². The maximum Gasteiger partial charge on any atom is 0.196 e. The predicted molar refractivity (Wildman–Crippen MR) is 75.6 cm³/mol. The standard InChI is InChI=1S/C14H10BrClO2/c1-18-13-8-10(15)4-7-12(13)14(17)9-2-5-11(16)6-3-9/h2-8H,1H3. The minimum atomic E-state index is -0.0870. The second-order valence-corrected chi connectivity index (χ2v) is 5.03. The number of methoxy groups -OCH3 is 1. The first-order chi connectivity index (χ1) is 8.61. The zero-order valence-corrected chi connectivity index (χ0v) is 12.0. The number of hydrogen-bond acceptors (Lipinski definition) is 2. The van der Waals surface area contributed by atoms with Crippen molar-refractivity contribution in [3.63, 3.8) is 0 Å². The summed E-state index contributed by atoms with van der Waals surface area (Å²) in [6.45, 7) is 0. The van der Waals surface area contributed by atoms with Crippen LogP contribution in [0.1, 0.15) is 15.9 Å². The van der Waals surface area contributed by atoms with Gasteiger partial charge in [-0.25, -0.2) is 0 Å². The number of rotatable bonds is 3. The summed E-state index contributed by atoms with van der Waals surface area (Å²) in [4.78, 5) is 12.3. The van der Waals surface area contributed by atoms with Crippen molar-refractivity contribution in [2.75, 3.05) is 7.11 Å². The van der Waals surface area contributed by atoms with Crippen molar-refractivity contribution < 1.29 is 9.53 Å². The Morgan fingerprint density at radius 1 is 1.17 bits per heavy atom. The minimum Gasteiger partial charge on any atom is -0.496 e. The molecular weight excluding hydrogens is 316 g/mol. The van der Waals surface area contributed by atoms with Gasteiger partial charge in [-0.05, 0) is 42.5 Å². The molecule has 0 aliphatic rings. The Labute approximate surface area is 119 Å². The average Bonchev–Trinajstić information content (AvgIpc) is 2.38. The molecule has 92 valence electrons. The van der Waals surface area contributed by atoms with Gasteiger partial charge in [-0.15, -0.1) is 0 Å². The highest BCUT2D eigenvalue weighted by Gasteiger charge is 2.14. The van der Waals surface area contributed by atoms with E-state index in [-0.39, 0.29) is 5.78 Å². The van der Waals surface area contributed by atoms with E-state index in [1.807, 2.05) is 6.07 Å². The van der Waals surface area contributed by atoms with Gasteiger partial charge in [0.1, 0.15) is 5.75 Å². The molecule has 0 N–H and O–H groups in total. The summed E-state index contributed by atoms with van der Waals surface area (Å²) in [5.74, 6) is 0.459. The summed E-state index contributed by atoms with van der Waals surface area (Å²) < 4.78 is 6.08. The van der Waals surface area contributed by atoms with Crippen molar-refractivity contribution in [1.82, 2.24) is 0 Å². The molecule has 2 aromatic rings. The van der Waals surface area contributed by atoms with Crippen molar-refractivity contribution in [3.05, 3.63) is 63.1 Å². The maximum atomic E-state index is 12.3. The smallest absolute Gasteiger partial charge is 0.196 e. The first-order valence-electron chi connectivity index (χ1n) is 5.25. The summed E-state index contributed by atoms with van der Waals surface area (Å²) >= 11 is 9.14. The van der Waals surface area contributed by atoms with E-state index in [0.717, 1.165) is 4.47 Å². The monoisotopic (exact) mass is 324 g/mol. The van der Waals surface area contributed by atoms with Crippen molar-refractivity contribution in [3.8, 4) is 5.75 Å². The molecule has 0 saturated heterocycles. The lowest BCUT2D eigenvalue weighted by molar-refractivity contribution is 0.103. The lowest BCUT2D eigenvalue weighted by atomic mass is 10.0. The van der Waals surface area contributed by atoms with Crippen LogP contribution < -0.4 is 4.74 Å². The van der Waals surface area contributed by atoms with Gasteiger partial charge < -0.3 is 4.74 Å². The predicted octanol–water partition coefficient (Wildman–Crippen LogP) is 4.34. The van der Waals surface area contributed by atoms with Gasteiger partial charge in [-0.3, -0.25) is 4.79 Å². The molecule has 0 bridgehead atoms. The molecule has 0 amide bonds. The number of benzene rings is 2. The SMILES string of the molecule is COc1cc(Br)ccc1C(=O)c1ccc(Cl)cc1. The highest BCUT2D eigenvalue weighted by molar-refractivity contribution is 9.10. The molecule has 0 fully saturated rings. The van der Waals surface area contributed by atoms with Crippen LogP contribution in [0.4, 0.5) is 0 Å². The Bertz CT molecular complexity index is 579. The molecule has 0 aliphatic carbocycles. The zero-order chi connectivity index (χ0) is 13.1. The number of ketones is 1.